The lowest BCUT2D eigenvalue weighted by atomic mass is 9.85. The number of alkyl halides is 3. The summed E-state index contributed by atoms with van der Waals surface area (Å²) in [6, 6.07) is 2.79. The SMILES string of the molecule is O=C(NC1CCC(Cn2ncc3c2CCCC3)CC1)c1cc(C(F)(F)F)ccc1Cl. The van der Waals surface area contributed by atoms with Crippen LogP contribution in [0, 0.1) is 5.92 Å². The second-order valence-electron chi connectivity index (χ2n) is 8.39. The Balaban J connectivity index is 1.33. The average Bonchev–Trinajstić information content (AvgIpc) is 3.12. The minimum Gasteiger partial charge on any atom is -0.349 e. The van der Waals surface area contributed by atoms with Crippen LogP contribution < -0.4 is 5.32 Å². The van der Waals surface area contributed by atoms with Crippen molar-refractivity contribution < 1.29 is 18.0 Å². The third-order valence-corrected chi connectivity index (χ3v) is 6.63. The molecule has 1 N–H and O–H groups in total. The highest BCUT2D eigenvalue weighted by atomic mass is 35.5. The fourth-order valence-electron chi connectivity index (χ4n) is 4.59. The molecule has 1 aromatic heterocycles. The molecule has 8 heteroatoms. The number of rotatable bonds is 4. The second kappa shape index (κ2) is 8.61. The summed E-state index contributed by atoms with van der Waals surface area (Å²) in [5, 5.41) is 7.47. The van der Waals surface area contributed by atoms with E-state index in [2.05, 4.69) is 15.1 Å². The molecule has 1 aromatic carbocycles. The van der Waals surface area contributed by atoms with Crippen LogP contribution >= 0.6 is 11.6 Å². The Labute approximate surface area is 178 Å². The van der Waals surface area contributed by atoms with Gasteiger partial charge in [0.1, 0.15) is 0 Å². The molecule has 0 saturated heterocycles. The molecule has 1 saturated carbocycles. The highest BCUT2D eigenvalue weighted by Gasteiger charge is 2.32. The minimum absolute atomic E-state index is 0.0256. The van der Waals surface area contributed by atoms with Gasteiger partial charge in [0.2, 0.25) is 0 Å². The Morgan fingerprint density at radius 1 is 1.17 bits per heavy atom. The van der Waals surface area contributed by atoms with Crippen LogP contribution in [0.4, 0.5) is 13.2 Å². The molecule has 1 heterocycles. The smallest absolute Gasteiger partial charge is 0.349 e. The molecule has 0 unspecified atom stereocenters. The number of benzene rings is 1. The van der Waals surface area contributed by atoms with Crippen molar-refractivity contribution in [3.63, 3.8) is 0 Å². The first kappa shape index (κ1) is 21.2. The van der Waals surface area contributed by atoms with E-state index in [9.17, 15) is 18.0 Å². The summed E-state index contributed by atoms with van der Waals surface area (Å²) >= 11 is 5.98. The van der Waals surface area contributed by atoms with E-state index >= 15 is 0 Å². The number of carbonyl (C=O) groups is 1. The van der Waals surface area contributed by atoms with E-state index < -0.39 is 17.6 Å². The number of carbonyl (C=O) groups excluding carboxylic acids is 1. The number of nitrogens with zero attached hydrogens (tertiary/aromatic N) is 2. The van der Waals surface area contributed by atoms with E-state index in [1.165, 1.54) is 24.1 Å². The normalized spacial score (nSPS) is 21.9. The summed E-state index contributed by atoms with van der Waals surface area (Å²) in [4.78, 5) is 12.5. The third-order valence-electron chi connectivity index (χ3n) is 6.30. The maximum Gasteiger partial charge on any atom is 0.416 e. The minimum atomic E-state index is -4.51. The van der Waals surface area contributed by atoms with Gasteiger partial charge in [0.15, 0.2) is 0 Å². The molecule has 30 heavy (non-hydrogen) atoms. The Morgan fingerprint density at radius 3 is 2.63 bits per heavy atom. The summed E-state index contributed by atoms with van der Waals surface area (Å²) in [6.07, 6.45) is 5.67. The fourth-order valence-corrected chi connectivity index (χ4v) is 4.79. The van der Waals surface area contributed by atoms with Gasteiger partial charge in [-0.2, -0.15) is 18.3 Å². The van der Waals surface area contributed by atoms with E-state index in [1.54, 1.807) is 0 Å². The molecule has 0 spiro atoms. The van der Waals surface area contributed by atoms with Gasteiger partial charge in [0, 0.05) is 18.3 Å². The van der Waals surface area contributed by atoms with Crippen LogP contribution in [0.5, 0.6) is 0 Å². The molecule has 2 aliphatic carbocycles. The predicted molar refractivity (Wildman–Crippen MR) is 109 cm³/mol. The quantitative estimate of drug-likeness (QED) is 0.691. The molecule has 2 aromatic rings. The van der Waals surface area contributed by atoms with Crippen LogP contribution in [0.15, 0.2) is 24.4 Å². The van der Waals surface area contributed by atoms with Gasteiger partial charge < -0.3 is 5.32 Å². The maximum atomic E-state index is 12.9. The monoisotopic (exact) mass is 439 g/mol. The highest BCUT2D eigenvalue weighted by Crippen LogP contribution is 2.32. The van der Waals surface area contributed by atoms with Crippen molar-refractivity contribution in [2.24, 2.45) is 5.92 Å². The summed E-state index contributed by atoms with van der Waals surface area (Å²) in [5.74, 6) is -0.0445. The molecule has 2 aliphatic rings. The van der Waals surface area contributed by atoms with Crippen LogP contribution in [0.2, 0.25) is 5.02 Å². The van der Waals surface area contributed by atoms with Crippen LogP contribution in [0.1, 0.15) is 65.7 Å². The van der Waals surface area contributed by atoms with Crippen molar-refractivity contribution in [1.29, 1.82) is 0 Å². The lowest BCUT2D eigenvalue weighted by Crippen LogP contribution is -2.38. The molecule has 1 amide bonds. The lowest BCUT2D eigenvalue weighted by molar-refractivity contribution is -0.137. The summed E-state index contributed by atoms with van der Waals surface area (Å²) in [7, 11) is 0. The third kappa shape index (κ3) is 4.66. The number of aromatic nitrogens is 2. The van der Waals surface area contributed by atoms with Gasteiger partial charge in [-0.25, -0.2) is 0 Å². The topological polar surface area (TPSA) is 46.9 Å². The second-order valence-corrected chi connectivity index (χ2v) is 8.80. The average molecular weight is 440 g/mol. The molecule has 0 aliphatic heterocycles. The Bertz CT molecular complexity index is 917. The Morgan fingerprint density at radius 2 is 1.90 bits per heavy atom. The summed E-state index contributed by atoms with van der Waals surface area (Å²) < 4.78 is 41.0. The van der Waals surface area contributed by atoms with E-state index in [-0.39, 0.29) is 16.6 Å². The van der Waals surface area contributed by atoms with Crippen molar-refractivity contribution >= 4 is 17.5 Å². The standard InChI is InChI=1S/C22H25ClF3N3O/c23-19-10-7-16(22(24,25)26)11-18(19)21(30)28-17-8-5-14(6-9-17)13-29-20-4-2-1-3-15(20)12-27-29/h7,10-12,14,17H,1-6,8-9,13H2,(H,28,30). The molecule has 0 bridgehead atoms. The van der Waals surface area contributed by atoms with Crippen molar-refractivity contribution in [3.05, 3.63) is 51.8 Å². The van der Waals surface area contributed by atoms with Crippen molar-refractivity contribution in [3.8, 4) is 0 Å². The number of nitrogens with one attached hydrogen (secondary N) is 1. The summed E-state index contributed by atoms with van der Waals surface area (Å²) in [6.45, 7) is 0.898. The van der Waals surface area contributed by atoms with E-state index in [0.29, 0.717) is 5.92 Å². The van der Waals surface area contributed by atoms with Gasteiger partial charge in [-0.05, 0) is 81.0 Å². The molecule has 4 rings (SSSR count). The van der Waals surface area contributed by atoms with Crippen molar-refractivity contribution in [2.45, 2.75) is 70.1 Å². The van der Waals surface area contributed by atoms with Gasteiger partial charge in [-0.15, -0.1) is 0 Å². The van der Waals surface area contributed by atoms with Crippen LogP contribution in [-0.4, -0.2) is 21.7 Å². The molecular formula is C22H25ClF3N3O. The number of hydrogen-bond acceptors (Lipinski definition) is 2. The highest BCUT2D eigenvalue weighted by molar-refractivity contribution is 6.33. The first-order chi connectivity index (χ1) is 14.3. The van der Waals surface area contributed by atoms with E-state index in [4.69, 9.17) is 11.6 Å². The van der Waals surface area contributed by atoms with Gasteiger partial charge in [0.05, 0.1) is 22.3 Å². The fraction of sp³-hybridized carbons (Fsp3) is 0.545. The first-order valence-electron chi connectivity index (χ1n) is 10.5. The Kier molecular flexibility index (Phi) is 6.09. The van der Waals surface area contributed by atoms with Crippen molar-refractivity contribution in [2.75, 3.05) is 0 Å². The maximum absolute atomic E-state index is 12.9. The largest absolute Gasteiger partial charge is 0.416 e. The zero-order chi connectivity index (χ0) is 21.3. The van der Waals surface area contributed by atoms with Gasteiger partial charge in [0.25, 0.3) is 5.91 Å². The number of hydrogen-bond donors (Lipinski definition) is 1. The van der Waals surface area contributed by atoms with Crippen LogP contribution in [0.3, 0.4) is 0 Å². The molecule has 4 nitrogen and oxygen atoms in total. The predicted octanol–water partition coefficient (Wildman–Crippen LogP) is 5.42. The van der Waals surface area contributed by atoms with Gasteiger partial charge in [-0.1, -0.05) is 11.6 Å². The van der Waals surface area contributed by atoms with Gasteiger partial charge >= 0.3 is 6.18 Å². The number of aryl methyl sites for hydroxylation is 1. The molecular weight excluding hydrogens is 415 g/mol. The number of amides is 1. The Hall–Kier alpha value is -2.02. The molecule has 162 valence electrons. The summed E-state index contributed by atoms with van der Waals surface area (Å²) in [5.41, 5.74) is 1.75. The van der Waals surface area contributed by atoms with Crippen molar-refractivity contribution in [1.82, 2.24) is 15.1 Å². The number of fused-ring (bicyclic) bond motifs is 1. The lowest BCUT2D eigenvalue weighted by Gasteiger charge is -2.30. The van der Waals surface area contributed by atoms with Crippen LogP contribution in [-0.2, 0) is 25.6 Å². The molecule has 0 radical (unpaired) electrons. The zero-order valence-corrected chi connectivity index (χ0v) is 17.4. The molecule has 0 atom stereocenters. The zero-order valence-electron chi connectivity index (χ0n) is 16.6. The van der Waals surface area contributed by atoms with Gasteiger partial charge in [-0.3, -0.25) is 9.48 Å². The first-order valence-corrected chi connectivity index (χ1v) is 10.9. The number of halogens is 4. The van der Waals surface area contributed by atoms with Crippen LogP contribution in [0.25, 0.3) is 0 Å². The van der Waals surface area contributed by atoms with E-state index in [0.717, 1.165) is 63.3 Å². The van der Waals surface area contributed by atoms with E-state index in [1.807, 2.05) is 6.20 Å². The molecule has 1 fully saturated rings.